The van der Waals surface area contributed by atoms with Crippen LogP contribution in [0.4, 0.5) is 24.5 Å². The molecular formula is C15H15F3N4O5. The molecule has 0 saturated heterocycles. The third-order valence-corrected chi connectivity index (χ3v) is 3.23. The molecule has 0 atom stereocenters. The number of hydrogen-bond acceptors (Lipinski definition) is 6. The van der Waals surface area contributed by atoms with E-state index in [1.807, 2.05) is 0 Å². The van der Waals surface area contributed by atoms with Crippen molar-refractivity contribution in [3.8, 4) is 5.75 Å². The highest BCUT2D eigenvalue weighted by Crippen LogP contribution is 2.26. The van der Waals surface area contributed by atoms with Crippen LogP contribution in [0.1, 0.15) is 10.4 Å². The van der Waals surface area contributed by atoms with Gasteiger partial charge in [-0.25, -0.2) is 0 Å². The molecule has 1 N–H and O–H groups in total. The lowest BCUT2D eigenvalue weighted by molar-refractivity contribution is -0.385. The van der Waals surface area contributed by atoms with Gasteiger partial charge in [-0.1, -0.05) is 0 Å². The smallest absolute Gasteiger partial charge is 0.422 e. The number of benzene rings is 1. The fourth-order valence-corrected chi connectivity index (χ4v) is 2.04. The minimum atomic E-state index is -4.58. The van der Waals surface area contributed by atoms with Crippen LogP contribution in [0.5, 0.6) is 5.75 Å². The van der Waals surface area contributed by atoms with Crippen LogP contribution in [-0.2, 0) is 11.3 Å². The Hall–Kier alpha value is -3.15. The molecule has 9 nitrogen and oxygen atoms in total. The lowest BCUT2D eigenvalue weighted by Crippen LogP contribution is -2.20. The number of nitro groups is 1. The molecule has 1 heterocycles. The van der Waals surface area contributed by atoms with Crippen molar-refractivity contribution in [1.82, 2.24) is 9.78 Å². The van der Waals surface area contributed by atoms with Crippen molar-refractivity contribution in [2.45, 2.75) is 12.7 Å². The maximum Gasteiger partial charge on any atom is 0.422 e. The van der Waals surface area contributed by atoms with E-state index in [9.17, 15) is 28.1 Å². The Morgan fingerprint density at radius 1 is 1.41 bits per heavy atom. The second kappa shape index (κ2) is 8.49. The lowest BCUT2D eigenvalue weighted by atomic mass is 10.1. The fourth-order valence-electron chi connectivity index (χ4n) is 2.04. The van der Waals surface area contributed by atoms with E-state index in [2.05, 4.69) is 15.2 Å². The van der Waals surface area contributed by atoms with E-state index >= 15 is 0 Å². The number of hydrogen-bond donors (Lipinski definition) is 1. The molecule has 1 aromatic carbocycles. The molecule has 27 heavy (non-hydrogen) atoms. The first-order chi connectivity index (χ1) is 12.7. The average molecular weight is 388 g/mol. The van der Waals surface area contributed by atoms with Crippen LogP contribution >= 0.6 is 0 Å². The molecule has 0 bridgehead atoms. The normalized spacial score (nSPS) is 11.3. The van der Waals surface area contributed by atoms with Crippen LogP contribution in [0, 0.1) is 10.1 Å². The third-order valence-electron chi connectivity index (χ3n) is 3.23. The number of rotatable bonds is 8. The summed E-state index contributed by atoms with van der Waals surface area (Å²) in [6.45, 7) is -0.773. The number of nitrogens with one attached hydrogen (secondary N) is 1. The van der Waals surface area contributed by atoms with Crippen LogP contribution in [0.2, 0.25) is 0 Å². The van der Waals surface area contributed by atoms with Crippen molar-refractivity contribution in [1.29, 1.82) is 0 Å². The Morgan fingerprint density at radius 2 is 2.15 bits per heavy atom. The van der Waals surface area contributed by atoms with E-state index in [1.165, 1.54) is 24.2 Å². The van der Waals surface area contributed by atoms with Gasteiger partial charge < -0.3 is 14.8 Å². The molecule has 1 aromatic heterocycles. The van der Waals surface area contributed by atoms with Gasteiger partial charge in [0.25, 0.3) is 11.6 Å². The zero-order valence-electron chi connectivity index (χ0n) is 14.0. The first-order valence-corrected chi connectivity index (χ1v) is 7.50. The van der Waals surface area contributed by atoms with E-state index < -0.39 is 34.9 Å². The van der Waals surface area contributed by atoms with Crippen molar-refractivity contribution in [2.24, 2.45) is 0 Å². The van der Waals surface area contributed by atoms with Crippen molar-refractivity contribution in [3.05, 3.63) is 46.3 Å². The molecule has 0 spiro atoms. The zero-order chi connectivity index (χ0) is 20.0. The van der Waals surface area contributed by atoms with E-state index in [1.54, 1.807) is 0 Å². The first-order valence-electron chi connectivity index (χ1n) is 7.50. The number of anilines is 1. The predicted molar refractivity (Wildman–Crippen MR) is 86.7 cm³/mol. The molecule has 0 unspecified atom stereocenters. The summed E-state index contributed by atoms with van der Waals surface area (Å²) in [6, 6.07) is 2.78. The molecule has 0 aliphatic carbocycles. The number of nitro benzene ring substituents is 1. The van der Waals surface area contributed by atoms with E-state index in [0.717, 1.165) is 18.2 Å². The Kier molecular flexibility index (Phi) is 6.34. The number of amides is 1. The van der Waals surface area contributed by atoms with Gasteiger partial charge in [0.05, 0.1) is 30.0 Å². The second-order valence-electron chi connectivity index (χ2n) is 5.28. The molecule has 2 rings (SSSR count). The maximum atomic E-state index is 12.4. The quantitative estimate of drug-likeness (QED) is 0.550. The second-order valence-corrected chi connectivity index (χ2v) is 5.28. The third kappa shape index (κ3) is 5.95. The Morgan fingerprint density at radius 3 is 2.78 bits per heavy atom. The number of halogens is 3. The molecule has 2 aromatic rings. The summed E-state index contributed by atoms with van der Waals surface area (Å²) in [6.07, 6.45) is -1.78. The number of methoxy groups -OCH3 is 1. The van der Waals surface area contributed by atoms with Gasteiger partial charge in [-0.3, -0.25) is 19.6 Å². The van der Waals surface area contributed by atoms with E-state index in [4.69, 9.17) is 4.74 Å². The van der Waals surface area contributed by atoms with Crippen LogP contribution < -0.4 is 10.1 Å². The topological polar surface area (TPSA) is 109 Å². The molecule has 0 aliphatic rings. The highest BCUT2D eigenvalue weighted by molar-refractivity contribution is 6.07. The van der Waals surface area contributed by atoms with Gasteiger partial charge in [-0.15, -0.1) is 0 Å². The summed E-state index contributed by atoms with van der Waals surface area (Å²) in [5, 5.41) is 17.5. The van der Waals surface area contributed by atoms with Gasteiger partial charge in [-0.2, -0.15) is 18.3 Å². The number of carbonyl (C=O) groups is 1. The number of ether oxygens (including phenoxy) is 2. The molecule has 12 heteroatoms. The largest absolute Gasteiger partial charge is 0.484 e. The average Bonchev–Trinajstić information content (AvgIpc) is 3.04. The fraction of sp³-hybridized carbons (Fsp3) is 0.333. The Balaban J connectivity index is 2.19. The van der Waals surface area contributed by atoms with Crippen LogP contribution in [0.15, 0.2) is 30.6 Å². The maximum absolute atomic E-state index is 12.4. The molecule has 1 amide bonds. The summed E-state index contributed by atoms with van der Waals surface area (Å²) < 4.78 is 47.7. The van der Waals surface area contributed by atoms with Gasteiger partial charge in [0.15, 0.2) is 6.61 Å². The van der Waals surface area contributed by atoms with Gasteiger partial charge in [-0.05, 0) is 12.1 Å². The summed E-state index contributed by atoms with van der Waals surface area (Å²) in [5.74, 6) is -1.20. The summed E-state index contributed by atoms with van der Waals surface area (Å²) in [5.41, 5.74) is -0.755. The first kappa shape index (κ1) is 20.2. The highest BCUT2D eigenvalue weighted by Gasteiger charge is 2.29. The molecule has 146 valence electrons. The molecule has 0 fully saturated rings. The zero-order valence-corrected chi connectivity index (χ0v) is 14.0. The summed E-state index contributed by atoms with van der Waals surface area (Å²) in [4.78, 5) is 22.6. The number of aromatic nitrogens is 2. The SMILES string of the molecule is COCCn1cc(NC(=O)c2cc(OCC(F)(F)F)ccc2[N+](=O)[O-])cn1. The van der Waals surface area contributed by atoms with Gasteiger partial charge in [0, 0.05) is 19.4 Å². The Bertz CT molecular complexity index is 822. The van der Waals surface area contributed by atoms with Gasteiger partial charge >= 0.3 is 6.18 Å². The predicted octanol–water partition coefficient (Wildman–Crippen LogP) is 2.63. The molecule has 0 radical (unpaired) electrons. The van der Waals surface area contributed by atoms with Gasteiger partial charge in [0.2, 0.25) is 0 Å². The van der Waals surface area contributed by atoms with Crippen molar-refractivity contribution in [2.75, 3.05) is 25.6 Å². The monoisotopic (exact) mass is 388 g/mol. The summed E-state index contributed by atoms with van der Waals surface area (Å²) >= 11 is 0. The van der Waals surface area contributed by atoms with Crippen LogP contribution in [-0.4, -0.2) is 47.1 Å². The minimum absolute atomic E-state index is 0.256. The Labute approximate surface area is 150 Å². The van der Waals surface area contributed by atoms with Crippen molar-refractivity contribution >= 4 is 17.3 Å². The molecular weight excluding hydrogens is 373 g/mol. The summed E-state index contributed by atoms with van der Waals surface area (Å²) in [7, 11) is 1.51. The number of carbonyl (C=O) groups excluding carboxylic acids is 1. The van der Waals surface area contributed by atoms with Crippen LogP contribution in [0.3, 0.4) is 0 Å². The molecule has 0 saturated carbocycles. The number of alkyl halides is 3. The molecule has 0 aliphatic heterocycles. The van der Waals surface area contributed by atoms with Crippen molar-refractivity contribution < 1.29 is 32.4 Å². The van der Waals surface area contributed by atoms with E-state index in [-0.39, 0.29) is 11.4 Å². The number of nitrogens with zero attached hydrogens (tertiary/aromatic N) is 3. The van der Waals surface area contributed by atoms with Crippen LogP contribution in [0.25, 0.3) is 0 Å². The minimum Gasteiger partial charge on any atom is -0.484 e. The van der Waals surface area contributed by atoms with Gasteiger partial charge in [0.1, 0.15) is 11.3 Å². The van der Waals surface area contributed by atoms with Crippen molar-refractivity contribution in [3.63, 3.8) is 0 Å². The standard InChI is InChI=1S/C15H15F3N4O5/c1-26-5-4-21-8-10(7-19-21)20-14(23)12-6-11(27-9-15(16,17)18)2-3-13(12)22(24)25/h2-3,6-8H,4-5,9H2,1H3,(H,20,23). The van der Waals surface area contributed by atoms with E-state index in [0.29, 0.717) is 13.2 Å². The highest BCUT2D eigenvalue weighted by atomic mass is 19.4. The lowest BCUT2D eigenvalue weighted by Gasteiger charge is -2.10.